The van der Waals surface area contributed by atoms with E-state index in [9.17, 15) is 20.2 Å². The molecule has 35 heavy (non-hydrogen) atoms. The van der Waals surface area contributed by atoms with Gasteiger partial charge >= 0.3 is 0 Å². The normalized spacial score (nSPS) is 11.1. The molecule has 1 amide bonds. The van der Waals surface area contributed by atoms with Crippen molar-refractivity contribution in [3.05, 3.63) is 111 Å². The quantitative estimate of drug-likeness (QED) is 0.173. The lowest BCUT2D eigenvalue weighted by Crippen LogP contribution is -2.23. The van der Waals surface area contributed by atoms with Crippen molar-refractivity contribution in [2.45, 2.75) is 13.1 Å². The van der Waals surface area contributed by atoms with Gasteiger partial charge in [0.2, 0.25) is 0 Å². The van der Waals surface area contributed by atoms with Crippen LogP contribution in [0.2, 0.25) is 0 Å². The third kappa shape index (κ3) is 5.37. The first kappa shape index (κ1) is 23.3. The van der Waals surface area contributed by atoms with Gasteiger partial charge in [0.1, 0.15) is 17.4 Å². The van der Waals surface area contributed by atoms with E-state index < -0.39 is 10.8 Å². The number of nitrogens with zero attached hydrogens (tertiary/aromatic N) is 3. The van der Waals surface area contributed by atoms with Crippen LogP contribution in [-0.4, -0.2) is 22.5 Å². The topological polar surface area (TPSA) is 110 Å². The molecule has 3 aromatic carbocycles. The first-order chi connectivity index (χ1) is 17.0. The third-order valence-corrected chi connectivity index (χ3v) is 5.57. The highest BCUT2D eigenvalue weighted by Gasteiger charge is 2.13. The standard InChI is InChI=1S/C27H22N4O4/c1-35-24-11-9-19(10-12-24)16-29-27(32)21(15-28)14-22-18-30(26-8-3-2-7-25(22)26)17-20-5-4-6-23(13-20)31(33)34/h2-14,18H,16-17H2,1H3,(H,29,32)/b21-14+. The third-order valence-electron chi connectivity index (χ3n) is 5.57. The lowest BCUT2D eigenvalue weighted by atomic mass is 10.1. The summed E-state index contributed by atoms with van der Waals surface area (Å²) in [5, 5.41) is 24.4. The monoisotopic (exact) mass is 466 g/mol. The van der Waals surface area contributed by atoms with Gasteiger partial charge in [-0.25, -0.2) is 0 Å². The fourth-order valence-corrected chi connectivity index (χ4v) is 3.81. The van der Waals surface area contributed by atoms with Gasteiger partial charge in [0.15, 0.2) is 0 Å². The maximum absolute atomic E-state index is 12.7. The molecule has 1 aromatic heterocycles. The Hall–Kier alpha value is -4.90. The molecule has 0 spiro atoms. The van der Waals surface area contributed by atoms with Crippen molar-refractivity contribution in [3.8, 4) is 11.8 Å². The van der Waals surface area contributed by atoms with Crippen LogP contribution in [0.1, 0.15) is 16.7 Å². The molecule has 1 N–H and O–H groups in total. The number of benzene rings is 3. The number of nitro groups is 1. The van der Waals surface area contributed by atoms with Crippen LogP contribution in [0.15, 0.2) is 84.6 Å². The minimum absolute atomic E-state index is 0.0169. The fraction of sp³-hybridized carbons (Fsp3) is 0.111. The van der Waals surface area contributed by atoms with E-state index in [1.54, 1.807) is 31.4 Å². The number of rotatable bonds is 8. The number of hydrogen-bond donors (Lipinski definition) is 1. The second-order valence-electron chi connectivity index (χ2n) is 7.86. The SMILES string of the molecule is COc1ccc(CNC(=O)/C(C#N)=C/c2cn(Cc3cccc([N+](=O)[O-])c3)c3ccccc23)cc1. The van der Waals surface area contributed by atoms with Crippen LogP contribution < -0.4 is 10.1 Å². The summed E-state index contributed by atoms with van der Waals surface area (Å²) in [4.78, 5) is 23.4. The van der Waals surface area contributed by atoms with Crippen LogP contribution in [0.25, 0.3) is 17.0 Å². The van der Waals surface area contributed by atoms with Gasteiger partial charge in [0, 0.05) is 47.9 Å². The largest absolute Gasteiger partial charge is 0.497 e. The van der Waals surface area contributed by atoms with Crippen LogP contribution in [0, 0.1) is 21.4 Å². The van der Waals surface area contributed by atoms with Crippen LogP contribution in [-0.2, 0) is 17.9 Å². The Morgan fingerprint density at radius 2 is 1.89 bits per heavy atom. The number of fused-ring (bicyclic) bond motifs is 1. The number of aromatic nitrogens is 1. The Bertz CT molecular complexity index is 1460. The molecule has 4 aromatic rings. The summed E-state index contributed by atoms with van der Waals surface area (Å²) in [6.07, 6.45) is 3.41. The van der Waals surface area contributed by atoms with Crippen molar-refractivity contribution in [2.75, 3.05) is 7.11 Å². The lowest BCUT2D eigenvalue weighted by Gasteiger charge is -2.06. The minimum Gasteiger partial charge on any atom is -0.497 e. The molecule has 174 valence electrons. The summed E-state index contributed by atoms with van der Waals surface area (Å²) in [7, 11) is 1.58. The van der Waals surface area contributed by atoms with E-state index in [4.69, 9.17) is 4.74 Å². The highest BCUT2D eigenvalue weighted by molar-refractivity contribution is 6.04. The van der Waals surface area contributed by atoms with Gasteiger partial charge in [-0.05, 0) is 35.4 Å². The zero-order valence-corrected chi connectivity index (χ0v) is 19.0. The second kappa shape index (κ2) is 10.4. The summed E-state index contributed by atoms with van der Waals surface area (Å²) < 4.78 is 7.09. The smallest absolute Gasteiger partial charge is 0.269 e. The summed E-state index contributed by atoms with van der Waals surface area (Å²) in [5.74, 6) is 0.248. The molecule has 8 heteroatoms. The molecule has 0 unspecified atom stereocenters. The maximum atomic E-state index is 12.7. The molecule has 4 rings (SSSR count). The number of nitriles is 1. The second-order valence-corrected chi connectivity index (χ2v) is 7.86. The van der Waals surface area contributed by atoms with Crippen molar-refractivity contribution >= 4 is 28.6 Å². The maximum Gasteiger partial charge on any atom is 0.269 e. The minimum atomic E-state index is -0.473. The van der Waals surface area contributed by atoms with Crippen molar-refractivity contribution in [1.82, 2.24) is 9.88 Å². The zero-order valence-electron chi connectivity index (χ0n) is 19.0. The summed E-state index contributed by atoms with van der Waals surface area (Å²) >= 11 is 0. The van der Waals surface area contributed by atoms with E-state index >= 15 is 0 Å². The summed E-state index contributed by atoms with van der Waals surface area (Å²) in [6, 6.07) is 23.4. The van der Waals surface area contributed by atoms with Gasteiger partial charge in [-0.15, -0.1) is 0 Å². The number of para-hydroxylation sites is 1. The van der Waals surface area contributed by atoms with Gasteiger partial charge in [-0.2, -0.15) is 5.26 Å². The fourth-order valence-electron chi connectivity index (χ4n) is 3.81. The molecule has 0 aliphatic carbocycles. The number of carbonyl (C=O) groups is 1. The number of carbonyl (C=O) groups excluding carboxylic acids is 1. The number of hydrogen-bond acceptors (Lipinski definition) is 5. The number of ether oxygens (including phenoxy) is 1. The van der Waals surface area contributed by atoms with Gasteiger partial charge in [-0.1, -0.05) is 42.5 Å². The molecule has 0 fully saturated rings. The van der Waals surface area contributed by atoms with Gasteiger partial charge in [-0.3, -0.25) is 14.9 Å². The highest BCUT2D eigenvalue weighted by atomic mass is 16.6. The van der Waals surface area contributed by atoms with Gasteiger partial charge in [0.05, 0.1) is 12.0 Å². The van der Waals surface area contributed by atoms with Crippen molar-refractivity contribution in [1.29, 1.82) is 5.26 Å². The van der Waals surface area contributed by atoms with Crippen LogP contribution in [0.3, 0.4) is 0 Å². The Morgan fingerprint density at radius 1 is 1.11 bits per heavy atom. The lowest BCUT2D eigenvalue weighted by molar-refractivity contribution is -0.384. The predicted octanol–water partition coefficient (Wildman–Crippen LogP) is 4.83. The van der Waals surface area contributed by atoms with E-state index in [0.717, 1.165) is 27.8 Å². The number of non-ortho nitro benzene ring substituents is 1. The number of nitrogens with one attached hydrogen (secondary N) is 1. The average molecular weight is 466 g/mol. The van der Waals surface area contributed by atoms with E-state index in [0.29, 0.717) is 12.1 Å². The van der Waals surface area contributed by atoms with E-state index in [1.807, 2.05) is 59.3 Å². The molecule has 0 bridgehead atoms. The molecule has 0 atom stereocenters. The Balaban J connectivity index is 1.59. The molecule has 1 heterocycles. The molecule has 0 aliphatic rings. The number of amides is 1. The molecule has 8 nitrogen and oxygen atoms in total. The molecule has 0 saturated carbocycles. The van der Waals surface area contributed by atoms with Crippen molar-refractivity contribution in [3.63, 3.8) is 0 Å². The summed E-state index contributed by atoms with van der Waals surface area (Å²) in [6.45, 7) is 0.679. The Labute approximate surface area is 201 Å². The predicted molar refractivity (Wildman–Crippen MR) is 133 cm³/mol. The molecule has 0 saturated heterocycles. The van der Waals surface area contributed by atoms with E-state index in [1.165, 1.54) is 12.1 Å². The van der Waals surface area contributed by atoms with Gasteiger partial charge in [0.25, 0.3) is 11.6 Å². The zero-order chi connectivity index (χ0) is 24.8. The molecule has 0 aliphatic heterocycles. The molecular weight excluding hydrogens is 444 g/mol. The molecule has 0 radical (unpaired) electrons. The first-order valence-electron chi connectivity index (χ1n) is 10.8. The van der Waals surface area contributed by atoms with Crippen LogP contribution in [0.5, 0.6) is 5.75 Å². The average Bonchev–Trinajstić information content (AvgIpc) is 3.23. The summed E-state index contributed by atoms with van der Waals surface area (Å²) in [5.41, 5.74) is 3.26. The van der Waals surface area contributed by atoms with Crippen LogP contribution in [0.4, 0.5) is 5.69 Å². The highest BCUT2D eigenvalue weighted by Crippen LogP contribution is 2.25. The van der Waals surface area contributed by atoms with Gasteiger partial charge < -0.3 is 14.6 Å². The Kier molecular flexibility index (Phi) is 6.88. The van der Waals surface area contributed by atoms with Crippen molar-refractivity contribution < 1.29 is 14.5 Å². The van der Waals surface area contributed by atoms with E-state index in [-0.39, 0.29) is 17.8 Å². The van der Waals surface area contributed by atoms with E-state index in [2.05, 4.69) is 5.32 Å². The van der Waals surface area contributed by atoms with Crippen LogP contribution >= 0.6 is 0 Å². The van der Waals surface area contributed by atoms with Crippen molar-refractivity contribution in [2.24, 2.45) is 0 Å². The Morgan fingerprint density at radius 3 is 2.60 bits per heavy atom. The number of methoxy groups -OCH3 is 1. The molecular formula is C27H22N4O4. The first-order valence-corrected chi connectivity index (χ1v) is 10.8. The number of nitro benzene ring substituents is 1.